The van der Waals surface area contributed by atoms with Crippen LogP contribution in [0, 0.1) is 11.8 Å². The van der Waals surface area contributed by atoms with Gasteiger partial charge < -0.3 is 9.47 Å². The van der Waals surface area contributed by atoms with Crippen molar-refractivity contribution in [3.05, 3.63) is 83.7 Å². The number of nitrogens with zero attached hydrogens (tertiary/aromatic N) is 1. The number of halogens is 2. The van der Waals surface area contributed by atoms with Gasteiger partial charge in [-0.15, -0.1) is 0 Å². The summed E-state index contributed by atoms with van der Waals surface area (Å²) >= 11 is 0. The van der Waals surface area contributed by atoms with E-state index in [4.69, 9.17) is 9.47 Å². The highest BCUT2D eigenvalue weighted by Crippen LogP contribution is 2.25. The van der Waals surface area contributed by atoms with Gasteiger partial charge in [0.1, 0.15) is 11.6 Å². The van der Waals surface area contributed by atoms with E-state index in [-0.39, 0.29) is 17.5 Å². The molecule has 0 aliphatic rings. The fourth-order valence-electron chi connectivity index (χ4n) is 2.97. The van der Waals surface area contributed by atoms with Crippen molar-refractivity contribution < 1.29 is 27.8 Å². The molecule has 0 bridgehead atoms. The number of ketones is 1. The Morgan fingerprint density at radius 2 is 1.50 bits per heavy atom. The number of ether oxygens (including phenoxy) is 2. The first kappa shape index (κ1) is 23.1. The normalized spacial score (nSPS) is 11.3. The molecular weight excluding hydrogens is 416 g/mol. The number of hydrogen-bond donors (Lipinski definition) is 0. The van der Waals surface area contributed by atoms with E-state index >= 15 is 0 Å². The molecule has 0 spiro atoms. The van der Waals surface area contributed by atoms with Crippen LogP contribution >= 0.6 is 0 Å². The minimum atomic E-state index is -1.19. The molecule has 0 radical (unpaired) electrons. The maximum atomic E-state index is 13.9. The molecule has 0 N–H and O–H groups in total. The van der Waals surface area contributed by atoms with E-state index in [1.807, 2.05) is 0 Å². The number of benzene rings is 2. The highest BCUT2D eigenvalue weighted by atomic mass is 19.1. The molecular formula is C25H23F2NO4. The van der Waals surface area contributed by atoms with E-state index in [0.29, 0.717) is 22.4 Å². The minimum Gasteiger partial charge on any atom is -0.476 e. The predicted molar refractivity (Wildman–Crippen MR) is 115 cm³/mol. The smallest absolute Gasteiger partial charge is 0.350 e. The summed E-state index contributed by atoms with van der Waals surface area (Å²) in [5, 5.41) is 0. The van der Waals surface area contributed by atoms with Gasteiger partial charge in [-0.3, -0.25) is 4.79 Å². The molecule has 166 valence electrons. The third-order valence-electron chi connectivity index (χ3n) is 4.60. The van der Waals surface area contributed by atoms with Crippen LogP contribution in [0.5, 0.6) is 5.75 Å². The number of hydrogen-bond acceptors (Lipinski definition) is 5. The molecule has 7 heteroatoms. The van der Waals surface area contributed by atoms with E-state index < -0.39 is 23.3 Å². The number of carbonyl (C=O) groups is 2. The average molecular weight is 439 g/mol. The van der Waals surface area contributed by atoms with Crippen molar-refractivity contribution in [2.45, 2.75) is 39.4 Å². The first-order chi connectivity index (χ1) is 15.1. The summed E-state index contributed by atoms with van der Waals surface area (Å²) in [6, 6.07) is 13.6. The summed E-state index contributed by atoms with van der Waals surface area (Å²) in [7, 11) is 0. The van der Waals surface area contributed by atoms with Gasteiger partial charge in [-0.25, -0.2) is 14.2 Å². The van der Waals surface area contributed by atoms with E-state index in [9.17, 15) is 18.4 Å². The summed E-state index contributed by atoms with van der Waals surface area (Å²) in [5.41, 5.74) is 0.107. The third kappa shape index (κ3) is 5.35. The first-order valence-corrected chi connectivity index (χ1v) is 10.0. The summed E-state index contributed by atoms with van der Waals surface area (Å²) in [5.74, 6) is -1.76. The van der Waals surface area contributed by atoms with Gasteiger partial charge in [-0.1, -0.05) is 24.3 Å². The van der Waals surface area contributed by atoms with Crippen molar-refractivity contribution in [3.63, 3.8) is 0 Å². The Morgan fingerprint density at radius 3 is 2.06 bits per heavy atom. The molecule has 3 rings (SSSR count). The molecule has 2 aromatic carbocycles. The van der Waals surface area contributed by atoms with E-state index in [0.717, 1.165) is 12.3 Å². The molecule has 32 heavy (non-hydrogen) atoms. The lowest BCUT2D eigenvalue weighted by Crippen LogP contribution is -2.40. The van der Waals surface area contributed by atoms with Crippen LogP contribution in [0.3, 0.4) is 0 Å². The molecule has 1 heterocycles. The van der Waals surface area contributed by atoms with Gasteiger partial charge in [0.2, 0.25) is 5.95 Å². The maximum Gasteiger partial charge on any atom is 0.350 e. The first-order valence-electron chi connectivity index (χ1n) is 10.0. The predicted octanol–water partition coefficient (Wildman–Crippen LogP) is 5.37. The van der Waals surface area contributed by atoms with Gasteiger partial charge in [-0.2, -0.15) is 4.39 Å². The SMILES string of the molecule is CC(C)OC(=O)C(C)(C)Oc1ccc(C(=O)c2ccc(-c3cc(F)ncc3F)cc2)cc1. The zero-order valence-electron chi connectivity index (χ0n) is 18.2. The summed E-state index contributed by atoms with van der Waals surface area (Å²) < 4.78 is 38.2. The standard InChI is InChI=1S/C25H23F2NO4/c1-15(2)31-24(30)25(3,4)32-19-11-9-18(10-12-19)23(29)17-7-5-16(6-8-17)20-13-22(27)28-14-21(20)26/h5-15H,1-4H3. The van der Waals surface area contributed by atoms with Crippen molar-refractivity contribution >= 4 is 11.8 Å². The van der Waals surface area contributed by atoms with E-state index in [1.165, 1.54) is 0 Å². The van der Waals surface area contributed by atoms with Gasteiger partial charge in [0, 0.05) is 22.8 Å². The van der Waals surface area contributed by atoms with Gasteiger partial charge in [-0.05, 0) is 57.5 Å². The van der Waals surface area contributed by atoms with Crippen molar-refractivity contribution in [2.75, 3.05) is 0 Å². The van der Waals surface area contributed by atoms with Gasteiger partial charge in [0.15, 0.2) is 11.4 Å². The van der Waals surface area contributed by atoms with Crippen LogP contribution in [-0.2, 0) is 9.53 Å². The zero-order valence-corrected chi connectivity index (χ0v) is 18.2. The van der Waals surface area contributed by atoms with Crippen molar-refractivity contribution in [1.29, 1.82) is 0 Å². The Morgan fingerprint density at radius 1 is 0.938 bits per heavy atom. The zero-order chi connectivity index (χ0) is 23.5. The number of aromatic nitrogens is 1. The Bertz CT molecular complexity index is 1120. The number of carbonyl (C=O) groups excluding carboxylic acids is 2. The van der Waals surface area contributed by atoms with Crippen LogP contribution in [0.25, 0.3) is 11.1 Å². The molecule has 0 atom stereocenters. The summed E-state index contributed by atoms with van der Waals surface area (Å²) in [6.07, 6.45) is 0.558. The Kier molecular flexibility index (Phi) is 6.67. The van der Waals surface area contributed by atoms with Gasteiger partial charge in [0.25, 0.3) is 0 Å². The lowest BCUT2D eigenvalue weighted by atomic mass is 9.99. The number of esters is 1. The van der Waals surface area contributed by atoms with Crippen LogP contribution in [-0.4, -0.2) is 28.4 Å². The molecule has 0 saturated carbocycles. The van der Waals surface area contributed by atoms with E-state index in [1.54, 1.807) is 76.2 Å². The summed E-state index contributed by atoms with van der Waals surface area (Å²) in [4.78, 5) is 28.2. The van der Waals surface area contributed by atoms with Crippen LogP contribution in [0.1, 0.15) is 43.6 Å². The lowest BCUT2D eigenvalue weighted by molar-refractivity contribution is -0.163. The molecule has 5 nitrogen and oxygen atoms in total. The molecule has 0 fully saturated rings. The maximum absolute atomic E-state index is 13.9. The van der Waals surface area contributed by atoms with Crippen molar-refractivity contribution in [3.8, 4) is 16.9 Å². The van der Waals surface area contributed by atoms with Crippen molar-refractivity contribution in [2.24, 2.45) is 0 Å². The average Bonchev–Trinajstić information content (AvgIpc) is 2.75. The quantitative estimate of drug-likeness (QED) is 0.281. The second-order valence-electron chi connectivity index (χ2n) is 7.98. The summed E-state index contributed by atoms with van der Waals surface area (Å²) in [6.45, 7) is 6.73. The molecule has 1 aromatic heterocycles. The Balaban J connectivity index is 1.73. The monoisotopic (exact) mass is 439 g/mol. The lowest BCUT2D eigenvalue weighted by Gasteiger charge is -2.25. The van der Waals surface area contributed by atoms with Crippen LogP contribution in [0.2, 0.25) is 0 Å². The molecule has 0 aliphatic carbocycles. The Hall–Kier alpha value is -3.61. The molecule has 0 aliphatic heterocycles. The fourth-order valence-corrected chi connectivity index (χ4v) is 2.97. The molecule has 0 unspecified atom stereocenters. The highest BCUT2D eigenvalue weighted by Gasteiger charge is 2.32. The fraction of sp³-hybridized carbons (Fsp3) is 0.240. The Labute approximate surface area is 185 Å². The third-order valence-corrected chi connectivity index (χ3v) is 4.60. The number of rotatable bonds is 7. The minimum absolute atomic E-state index is 0.0663. The van der Waals surface area contributed by atoms with Crippen LogP contribution in [0.4, 0.5) is 8.78 Å². The topological polar surface area (TPSA) is 65.5 Å². The largest absolute Gasteiger partial charge is 0.476 e. The second-order valence-corrected chi connectivity index (χ2v) is 7.98. The second kappa shape index (κ2) is 9.26. The van der Waals surface area contributed by atoms with Crippen LogP contribution in [0.15, 0.2) is 60.8 Å². The number of pyridine rings is 1. The van der Waals surface area contributed by atoms with Crippen LogP contribution < -0.4 is 4.74 Å². The van der Waals surface area contributed by atoms with Crippen molar-refractivity contribution in [1.82, 2.24) is 4.98 Å². The van der Waals surface area contributed by atoms with E-state index in [2.05, 4.69) is 4.98 Å². The van der Waals surface area contributed by atoms with Gasteiger partial charge in [0.05, 0.1) is 12.3 Å². The van der Waals surface area contributed by atoms with Gasteiger partial charge >= 0.3 is 5.97 Å². The highest BCUT2D eigenvalue weighted by molar-refractivity contribution is 6.09. The molecule has 0 saturated heterocycles. The molecule has 0 amide bonds. The molecule has 3 aromatic rings.